The molecule has 11 heterocycles. The molecule has 5 atom stereocenters. The molecule has 0 saturated heterocycles. The summed E-state index contributed by atoms with van der Waals surface area (Å²) in [6.07, 6.45) is 19.0. The van der Waals surface area contributed by atoms with E-state index in [0.29, 0.717) is 57.5 Å². The number of fused-ring (bicyclic) bond motifs is 15. The Morgan fingerprint density at radius 2 is 0.350 bits per heavy atom. The van der Waals surface area contributed by atoms with Crippen LogP contribution in [0.3, 0.4) is 0 Å². The van der Waals surface area contributed by atoms with Gasteiger partial charge in [-0.2, -0.15) is 0 Å². The number of hydrogen-bond donors (Lipinski definition) is 0. The van der Waals surface area contributed by atoms with Gasteiger partial charge >= 0.3 is 33.4 Å². The van der Waals surface area contributed by atoms with Gasteiger partial charge in [-0.1, -0.05) is 149 Å². The van der Waals surface area contributed by atoms with Crippen LogP contribution in [0, 0.1) is 34.6 Å². The minimum absolute atomic E-state index is 0.470. The van der Waals surface area contributed by atoms with E-state index in [0.717, 1.165) is 55.1 Å². The van der Waals surface area contributed by atoms with Crippen LogP contribution in [0.2, 0.25) is 0 Å². The zero-order valence-corrected chi connectivity index (χ0v) is 44.4. The minimum Gasteiger partial charge on any atom is -0.616 e. The lowest BCUT2D eigenvalue weighted by molar-refractivity contribution is -0.571. The number of nitrogens with zero attached hydrogens (tertiary/aromatic N) is 5. The highest BCUT2D eigenvalue weighted by Crippen LogP contribution is 2.43. The lowest BCUT2D eigenvalue weighted by Gasteiger charge is -2.30. The molecule has 0 amide bonds. The molecule has 390 valence electrons. The lowest BCUT2D eigenvalue weighted by atomic mass is 9.63. The average molecular weight is 1060 g/mol. The Morgan fingerprint density at radius 1 is 0.200 bits per heavy atom. The third-order valence-corrected chi connectivity index (χ3v) is 16.9. The molecule has 0 aliphatic carbocycles. The third kappa shape index (κ3) is 6.64. The Morgan fingerprint density at radius 3 is 0.512 bits per heavy atom. The van der Waals surface area contributed by atoms with E-state index in [1.54, 1.807) is 0 Å². The molecule has 15 bridgehead atoms. The molecule has 16 rings (SSSR count). The van der Waals surface area contributed by atoms with Gasteiger partial charge < -0.3 is 68.9 Å². The fourth-order valence-corrected chi connectivity index (χ4v) is 12.4. The van der Waals surface area contributed by atoms with Crippen molar-refractivity contribution >= 4 is 60.7 Å². The fraction of sp³-hybridized carbons (Fsp3) is 0.0833. The maximum atomic E-state index is 7.29. The number of hydrogen-bond acceptors (Lipinski definition) is 10. The van der Waals surface area contributed by atoms with E-state index >= 15 is 0 Å². The highest BCUT2D eigenvalue weighted by atomic mass is 16.7. The van der Waals surface area contributed by atoms with Gasteiger partial charge in [-0.15, -0.1) is 0 Å². The van der Waals surface area contributed by atoms with Crippen molar-refractivity contribution in [2.75, 3.05) is 0 Å². The maximum Gasteiger partial charge on any atom is 0.684 e. The molecule has 5 aromatic heterocycles. The predicted octanol–water partition coefficient (Wildman–Crippen LogP) is 3.81. The van der Waals surface area contributed by atoms with Crippen LogP contribution in [0.15, 0.2) is 214 Å². The second-order valence-electron chi connectivity index (χ2n) is 22.2. The summed E-state index contributed by atoms with van der Waals surface area (Å²) in [6, 6.07) is 50.4. The first-order chi connectivity index (χ1) is 38.9. The Kier molecular flexibility index (Phi) is 9.47. The smallest absolute Gasteiger partial charge is 0.616 e. The van der Waals surface area contributed by atoms with Crippen molar-refractivity contribution < 1.29 is 68.9 Å². The Bertz CT molecular complexity index is 3620. The van der Waals surface area contributed by atoms with Gasteiger partial charge in [0.15, 0.2) is 59.7 Å². The zero-order chi connectivity index (χ0) is 53.8. The number of pyridine rings is 5. The van der Waals surface area contributed by atoms with Crippen LogP contribution in [0.4, 0.5) is 0 Å². The molecule has 80 heavy (non-hydrogen) atoms. The normalized spacial score (nSPS) is 23.3. The van der Waals surface area contributed by atoms with Gasteiger partial charge in [0.1, 0.15) is 59.7 Å². The molecule has 0 radical (unpaired) electrons. The average Bonchev–Trinajstić information content (AvgIpc) is 4.48. The SMILES string of the molecule is Cc1ccc([B-]23Oc4cc[n+](cc4O2)[B-]2(c4ccc(C)cc4)Oc4cc[n+](cc4O2)[B-]2(c4ccc(C)cc4)Oc4cc[n+](cc4O2)[B-]2(c4ccc(C)cc4)Oc4cc[n+](cc4O2)[B-]2(c4ccc(C)cc4)Oc4cc[n+]3cc4O2)cc1. The topological polar surface area (TPSA) is 112 Å². The summed E-state index contributed by atoms with van der Waals surface area (Å²) in [4.78, 5) is 0. The molecule has 5 unspecified atom stereocenters. The summed E-state index contributed by atoms with van der Waals surface area (Å²) in [5.74, 6) is 4.96. The molecule has 20 heteroatoms. The van der Waals surface area contributed by atoms with E-state index in [4.69, 9.17) is 46.5 Å². The van der Waals surface area contributed by atoms with Gasteiger partial charge in [-0.05, 0) is 61.9 Å². The maximum absolute atomic E-state index is 7.29. The Balaban J connectivity index is 0.924. The van der Waals surface area contributed by atoms with Crippen LogP contribution < -0.4 is 96.2 Å². The largest absolute Gasteiger partial charge is 0.684 e. The predicted molar refractivity (Wildman–Crippen MR) is 299 cm³/mol. The first-order valence-corrected chi connectivity index (χ1v) is 27.1. The van der Waals surface area contributed by atoms with Crippen molar-refractivity contribution in [1.29, 1.82) is 0 Å². The second kappa shape index (κ2) is 16.4. The van der Waals surface area contributed by atoms with Crippen LogP contribution in [-0.4, -0.2) is 33.4 Å². The van der Waals surface area contributed by atoms with Crippen molar-refractivity contribution in [3.8, 4) is 57.5 Å². The fourth-order valence-electron chi connectivity index (χ4n) is 12.4. The molecular formula is C60H50B5N5O10. The molecule has 0 saturated carbocycles. The Hall–Kier alpha value is -9.83. The van der Waals surface area contributed by atoms with Crippen molar-refractivity contribution in [3.63, 3.8) is 0 Å². The summed E-state index contributed by atoms with van der Waals surface area (Å²) in [6.45, 7) is -2.42. The molecule has 15 nitrogen and oxygen atoms in total. The van der Waals surface area contributed by atoms with Gasteiger partial charge in [0.2, 0.25) is 0 Å². The molecular weight excluding hydrogens is 1000 g/mol. The highest BCUT2D eigenvalue weighted by Gasteiger charge is 2.61. The van der Waals surface area contributed by atoms with Crippen LogP contribution >= 0.6 is 0 Å². The molecule has 6 aliphatic heterocycles. The second-order valence-corrected chi connectivity index (χ2v) is 22.2. The van der Waals surface area contributed by atoms with Crippen LogP contribution in [-0.2, 0) is 0 Å². The monoisotopic (exact) mass is 1060 g/mol. The summed E-state index contributed by atoms with van der Waals surface area (Å²) in [5, 5.41) is 0. The van der Waals surface area contributed by atoms with E-state index in [1.165, 1.54) is 0 Å². The summed E-state index contributed by atoms with van der Waals surface area (Å²) in [7, 11) is 0. The van der Waals surface area contributed by atoms with Crippen molar-refractivity contribution in [1.82, 2.24) is 0 Å². The van der Waals surface area contributed by atoms with Gasteiger partial charge in [0.25, 0.3) is 0 Å². The number of benzene rings is 5. The van der Waals surface area contributed by atoms with E-state index in [1.807, 2.05) is 175 Å². The number of rotatable bonds is 5. The molecule has 0 N–H and O–H groups in total. The standard InChI is InChI=1S/C60H50B5N5O10/c1-41-6-16-46(17-7-41)61-66-31-26-52-57(36-66)77-63(72-52,48-20-10-43(3)11-21-48)68-33-28-54-59(38-68)79-65(74-54,50-24-14-45(5)15-25-50)70-35-30-55-60(40-70)80-64(75-55,49-22-12-44(4)13-23-49)69-34-29-53-58(39-69)78-62(73-53,47-18-8-42(2)9-19-47)67-32-27-51(71-61)56(37-67)76-61/h6-40H,1-5H3. The van der Waals surface area contributed by atoms with E-state index < -0.39 is 33.4 Å². The quantitative estimate of drug-likeness (QED) is 0.236. The minimum atomic E-state index is -2.54. The summed E-state index contributed by atoms with van der Waals surface area (Å²) in [5.41, 5.74) is 9.38. The first kappa shape index (κ1) is 46.3. The van der Waals surface area contributed by atoms with E-state index in [-0.39, 0.29) is 0 Å². The van der Waals surface area contributed by atoms with Crippen LogP contribution in [0.1, 0.15) is 27.8 Å². The van der Waals surface area contributed by atoms with Gasteiger partial charge in [0.05, 0.1) is 0 Å². The third-order valence-electron chi connectivity index (χ3n) is 16.9. The van der Waals surface area contributed by atoms with Crippen molar-refractivity contribution in [3.05, 3.63) is 241 Å². The van der Waals surface area contributed by atoms with E-state index in [2.05, 4.69) is 95.3 Å². The van der Waals surface area contributed by atoms with Crippen molar-refractivity contribution in [2.24, 2.45) is 0 Å². The summed E-state index contributed by atoms with van der Waals surface area (Å²) < 4.78 is 82.0. The molecule has 10 aromatic rings. The van der Waals surface area contributed by atoms with Crippen LogP contribution in [0.25, 0.3) is 0 Å². The van der Waals surface area contributed by atoms with Crippen LogP contribution in [0.5, 0.6) is 57.5 Å². The molecule has 0 spiro atoms. The number of aryl methyl sites for hydroxylation is 5. The molecule has 5 aromatic carbocycles. The summed E-state index contributed by atoms with van der Waals surface area (Å²) >= 11 is 0. The molecule has 6 aliphatic rings. The van der Waals surface area contributed by atoms with Crippen molar-refractivity contribution in [2.45, 2.75) is 34.6 Å². The van der Waals surface area contributed by atoms with Gasteiger partial charge in [0, 0.05) is 30.3 Å². The zero-order valence-electron chi connectivity index (χ0n) is 44.4. The van der Waals surface area contributed by atoms with Gasteiger partial charge in [-0.25, -0.2) is 0 Å². The van der Waals surface area contributed by atoms with Gasteiger partial charge in [-0.3, -0.25) is 0 Å². The highest BCUT2D eigenvalue weighted by molar-refractivity contribution is 6.78. The molecule has 0 fully saturated rings. The van der Waals surface area contributed by atoms with E-state index in [9.17, 15) is 0 Å². The lowest BCUT2D eigenvalue weighted by Crippen LogP contribution is -2.78. The Labute approximate surface area is 461 Å². The first-order valence-electron chi connectivity index (χ1n) is 27.1. The number of aromatic nitrogens is 5.